The average molecular weight is 139 g/mol. The maximum atomic E-state index is 2.45. The zero-order chi connectivity index (χ0) is 7.19. The molecule has 0 radical (unpaired) electrons. The van der Waals surface area contributed by atoms with E-state index in [0.717, 1.165) is 11.3 Å². The number of nitrogens with zero attached hydrogens (tertiary/aromatic N) is 1. The summed E-state index contributed by atoms with van der Waals surface area (Å²) in [5, 5.41) is 0. The second-order valence-electron chi connectivity index (χ2n) is 4.27. The Morgan fingerprint density at radius 2 is 1.80 bits per heavy atom. The van der Waals surface area contributed by atoms with Gasteiger partial charge in [-0.3, -0.25) is 0 Å². The van der Waals surface area contributed by atoms with Gasteiger partial charge in [0.25, 0.3) is 0 Å². The number of likely N-dealkylation sites (tertiary alicyclic amines) is 1. The van der Waals surface area contributed by atoms with Gasteiger partial charge in [-0.2, -0.15) is 0 Å². The van der Waals surface area contributed by atoms with Crippen molar-refractivity contribution in [2.45, 2.75) is 26.2 Å². The smallest absolute Gasteiger partial charge is 0.00164 e. The first-order valence-corrected chi connectivity index (χ1v) is 4.41. The fraction of sp³-hybridized carbons (Fsp3) is 1.00. The third-order valence-electron chi connectivity index (χ3n) is 3.58. The molecular formula is C9H17N. The molecular weight excluding hydrogens is 122 g/mol. The lowest BCUT2D eigenvalue weighted by Crippen LogP contribution is -2.31. The van der Waals surface area contributed by atoms with Crippen molar-refractivity contribution < 1.29 is 0 Å². The first-order chi connectivity index (χ1) is 4.73. The third-order valence-corrected chi connectivity index (χ3v) is 3.58. The Morgan fingerprint density at radius 3 is 2.20 bits per heavy atom. The Bertz CT molecular complexity index is 134. The van der Waals surface area contributed by atoms with E-state index in [1.54, 1.807) is 0 Å². The van der Waals surface area contributed by atoms with Gasteiger partial charge >= 0.3 is 0 Å². The lowest BCUT2D eigenvalue weighted by atomic mass is 9.92. The van der Waals surface area contributed by atoms with Crippen molar-refractivity contribution in [3.63, 3.8) is 0 Å². The Hall–Kier alpha value is -0.0400. The van der Waals surface area contributed by atoms with Crippen LogP contribution in [0.3, 0.4) is 0 Å². The van der Waals surface area contributed by atoms with Crippen LogP contribution in [0, 0.1) is 11.3 Å². The molecule has 1 heteroatoms. The molecule has 1 aliphatic carbocycles. The van der Waals surface area contributed by atoms with Crippen molar-refractivity contribution in [1.82, 2.24) is 4.90 Å². The monoisotopic (exact) mass is 139 g/mol. The highest BCUT2D eigenvalue weighted by molar-refractivity contribution is 5.02. The van der Waals surface area contributed by atoms with Gasteiger partial charge in [-0.15, -0.1) is 0 Å². The van der Waals surface area contributed by atoms with Gasteiger partial charge < -0.3 is 4.90 Å². The molecule has 58 valence electrons. The predicted octanol–water partition coefficient (Wildman–Crippen LogP) is 1.74. The van der Waals surface area contributed by atoms with Crippen LogP contribution in [0.4, 0.5) is 0 Å². The molecule has 10 heavy (non-hydrogen) atoms. The van der Waals surface area contributed by atoms with Crippen LogP contribution in [0.15, 0.2) is 0 Å². The summed E-state index contributed by atoms with van der Waals surface area (Å²) in [6.07, 6.45) is 4.44. The van der Waals surface area contributed by atoms with Crippen LogP contribution in [-0.2, 0) is 0 Å². The quantitative estimate of drug-likeness (QED) is 0.494. The van der Waals surface area contributed by atoms with Crippen LogP contribution in [0.5, 0.6) is 0 Å². The predicted molar refractivity (Wildman–Crippen MR) is 42.9 cm³/mol. The van der Waals surface area contributed by atoms with E-state index in [9.17, 15) is 0 Å². The molecule has 1 aliphatic heterocycles. The second-order valence-corrected chi connectivity index (χ2v) is 4.27. The highest BCUT2D eigenvalue weighted by Crippen LogP contribution is 2.58. The van der Waals surface area contributed by atoms with Crippen molar-refractivity contribution in [1.29, 1.82) is 0 Å². The zero-order valence-electron chi connectivity index (χ0n) is 7.06. The van der Waals surface area contributed by atoms with Gasteiger partial charge in [0.15, 0.2) is 0 Å². The summed E-state index contributed by atoms with van der Waals surface area (Å²) in [6, 6.07) is 0. The van der Waals surface area contributed by atoms with Crippen LogP contribution >= 0.6 is 0 Å². The van der Waals surface area contributed by atoms with E-state index in [0.29, 0.717) is 0 Å². The standard InChI is InChI=1S/C9H17N/c1-8-7-9(8)3-5-10(2)6-4-9/h8H,3-7H2,1-2H3/t8-/m1/s1. The molecule has 1 nitrogen and oxygen atoms in total. The molecule has 1 saturated heterocycles. The minimum Gasteiger partial charge on any atom is -0.306 e. The lowest BCUT2D eigenvalue weighted by Gasteiger charge is -2.29. The van der Waals surface area contributed by atoms with Crippen molar-refractivity contribution in [3.8, 4) is 0 Å². The van der Waals surface area contributed by atoms with E-state index < -0.39 is 0 Å². The van der Waals surface area contributed by atoms with Gasteiger partial charge in [-0.1, -0.05) is 6.92 Å². The largest absolute Gasteiger partial charge is 0.306 e. The van der Waals surface area contributed by atoms with Gasteiger partial charge in [0.2, 0.25) is 0 Å². The number of piperidine rings is 1. The first kappa shape index (κ1) is 6.66. The summed E-state index contributed by atoms with van der Waals surface area (Å²) in [4.78, 5) is 2.45. The number of hydrogen-bond acceptors (Lipinski definition) is 1. The molecule has 0 aromatic rings. The molecule has 2 fully saturated rings. The van der Waals surface area contributed by atoms with Gasteiger partial charge in [-0.25, -0.2) is 0 Å². The molecule has 0 aromatic carbocycles. The number of hydrogen-bond donors (Lipinski definition) is 0. The first-order valence-electron chi connectivity index (χ1n) is 4.41. The lowest BCUT2D eigenvalue weighted by molar-refractivity contribution is 0.195. The summed E-state index contributed by atoms with van der Waals surface area (Å²) >= 11 is 0. The maximum Gasteiger partial charge on any atom is -0.00164 e. The molecule has 0 bridgehead atoms. The van der Waals surface area contributed by atoms with Gasteiger partial charge in [-0.05, 0) is 50.7 Å². The highest BCUT2D eigenvalue weighted by Gasteiger charge is 2.51. The maximum absolute atomic E-state index is 2.45. The SMILES string of the molecule is C[C@@H]1CC12CCN(C)CC2. The summed E-state index contributed by atoms with van der Waals surface area (Å²) < 4.78 is 0. The number of rotatable bonds is 0. The van der Waals surface area contributed by atoms with E-state index in [1.165, 1.54) is 32.4 Å². The van der Waals surface area contributed by atoms with E-state index in [4.69, 9.17) is 0 Å². The minimum absolute atomic E-state index is 0.826. The topological polar surface area (TPSA) is 3.24 Å². The molecule has 2 aliphatic rings. The highest BCUT2D eigenvalue weighted by atomic mass is 15.1. The summed E-state index contributed by atoms with van der Waals surface area (Å²) in [5.41, 5.74) is 0.826. The van der Waals surface area contributed by atoms with Crippen LogP contribution in [-0.4, -0.2) is 25.0 Å². The van der Waals surface area contributed by atoms with Crippen LogP contribution < -0.4 is 0 Å². The second kappa shape index (κ2) is 1.97. The van der Waals surface area contributed by atoms with Gasteiger partial charge in [0, 0.05) is 0 Å². The Morgan fingerprint density at radius 1 is 1.30 bits per heavy atom. The zero-order valence-corrected chi connectivity index (χ0v) is 7.06. The molecule has 1 spiro atoms. The van der Waals surface area contributed by atoms with E-state index in [2.05, 4.69) is 18.9 Å². The molecule has 0 N–H and O–H groups in total. The van der Waals surface area contributed by atoms with Crippen molar-refractivity contribution in [3.05, 3.63) is 0 Å². The average Bonchev–Trinajstić information content (AvgIpc) is 2.53. The van der Waals surface area contributed by atoms with Gasteiger partial charge in [0.05, 0.1) is 0 Å². The molecule has 0 aromatic heterocycles. The molecule has 1 saturated carbocycles. The van der Waals surface area contributed by atoms with E-state index >= 15 is 0 Å². The van der Waals surface area contributed by atoms with E-state index in [1.807, 2.05) is 0 Å². The normalized spacial score (nSPS) is 38.4. The summed E-state index contributed by atoms with van der Waals surface area (Å²) in [5.74, 6) is 1.04. The molecule has 0 unspecified atom stereocenters. The van der Waals surface area contributed by atoms with Crippen molar-refractivity contribution >= 4 is 0 Å². The minimum atomic E-state index is 0.826. The van der Waals surface area contributed by atoms with Crippen LogP contribution in [0.2, 0.25) is 0 Å². The van der Waals surface area contributed by atoms with Gasteiger partial charge in [0.1, 0.15) is 0 Å². The van der Waals surface area contributed by atoms with Crippen LogP contribution in [0.25, 0.3) is 0 Å². The van der Waals surface area contributed by atoms with Crippen LogP contribution in [0.1, 0.15) is 26.2 Å². The summed E-state index contributed by atoms with van der Waals surface area (Å²) in [6.45, 7) is 5.08. The molecule has 1 heterocycles. The van der Waals surface area contributed by atoms with Crippen molar-refractivity contribution in [2.75, 3.05) is 20.1 Å². The summed E-state index contributed by atoms with van der Waals surface area (Å²) in [7, 11) is 2.24. The molecule has 1 atom stereocenters. The Kier molecular flexibility index (Phi) is 1.31. The Labute approximate surface area is 63.4 Å². The fourth-order valence-electron chi connectivity index (χ4n) is 2.31. The fourth-order valence-corrected chi connectivity index (χ4v) is 2.31. The van der Waals surface area contributed by atoms with Crippen molar-refractivity contribution in [2.24, 2.45) is 11.3 Å². The third kappa shape index (κ3) is 0.878. The molecule has 2 rings (SSSR count). The molecule has 0 amide bonds. The Balaban J connectivity index is 1.93. The van der Waals surface area contributed by atoms with E-state index in [-0.39, 0.29) is 0 Å².